The van der Waals surface area contributed by atoms with Gasteiger partial charge < -0.3 is 16.0 Å². The molecule has 2 aromatic heterocycles. The van der Waals surface area contributed by atoms with Gasteiger partial charge in [0.25, 0.3) is 0 Å². The van der Waals surface area contributed by atoms with E-state index in [1.54, 1.807) is 11.3 Å². The number of nitrogens with one attached hydrogen (secondary N) is 1. The van der Waals surface area contributed by atoms with Gasteiger partial charge in [-0.3, -0.25) is 0 Å². The maximum absolute atomic E-state index is 5.47. The summed E-state index contributed by atoms with van der Waals surface area (Å²) in [6, 6.07) is 6.02. The molecule has 0 spiro atoms. The molecule has 6 heteroatoms. The van der Waals surface area contributed by atoms with Gasteiger partial charge in [0.15, 0.2) is 0 Å². The van der Waals surface area contributed by atoms with Gasteiger partial charge in [0, 0.05) is 26.2 Å². The average molecular weight is 263 g/mol. The number of thiophene rings is 1. The van der Waals surface area contributed by atoms with E-state index in [0.29, 0.717) is 13.1 Å². The lowest BCUT2D eigenvalue weighted by molar-refractivity contribution is 0.975. The van der Waals surface area contributed by atoms with Crippen molar-refractivity contribution in [1.82, 2.24) is 9.97 Å². The third-order valence-corrected chi connectivity index (χ3v) is 3.40. The first kappa shape index (κ1) is 12.8. The number of rotatable bonds is 5. The van der Waals surface area contributed by atoms with Crippen molar-refractivity contribution >= 4 is 28.0 Å². The molecule has 96 valence electrons. The first-order valence-corrected chi connectivity index (χ1v) is 6.65. The van der Waals surface area contributed by atoms with Crippen LogP contribution < -0.4 is 16.0 Å². The Morgan fingerprint density at radius 1 is 1.44 bits per heavy atom. The molecule has 0 aromatic carbocycles. The summed E-state index contributed by atoms with van der Waals surface area (Å²) in [6.07, 6.45) is 0. The van der Waals surface area contributed by atoms with E-state index in [-0.39, 0.29) is 0 Å². The van der Waals surface area contributed by atoms with Gasteiger partial charge in [0.05, 0.1) is 5.00 Å². The molecule has 0 radical (unpaired) electrons. The first-order chi connectivity index (χ1) is 8.70. The number of aromatic nitrogens is 2. The van der Waals surface area contributed by atoms with E-state index in [0.717, 1.165) is 22.5 Å². The van der Waals surface area contributed by atoms with Crippen molar-refractivity contribution in [2.24, 2.45) is 5.73 Å². The summed E-state index contributed by atoms with van der Waals surface area (Å²) in [5.74, 6) is 2.44. The smallest absolute Gasteiger partial charge is 0.139 e. The Labute approximate surface area is 111 Å². The van der Waals surface area contributed by atoms with E-state index in [4.69, 9.17) is 5.73 Å². The van der Waals surface area contributed by atoms with Gasteiger partial charge in [-0.15, -0.1) is 11.3 Å². The van der Waals surface area contributed by atoms with Gasteiger partial charge >= 0.3 is 0 Å². The molecule has 2 heterocycles. The topological polar surface area (TPSA) is 67.1 Å². The monoisotopic (exact) mass is 263 g/mol. The Kier molecular flexibility index (Phi) is 4.11. The summed E-state index contributed by atoms with van der Waals surface area (Å²) in [5, 5.41) is 6.38. The summed E-state index contributed by atoms with van der Waals surface area (Å²) in [6.45, 7) is 3.18. The van der Waals surface area contributed by atoms with E-state index < -0.39 is 0 Å². The van der Waals surface area contributed by atoms with Crippen LogP contribution in [0, 0.1) is 6.92 Å². The molecule has 0 aliphatic carbocycles. The fourth-order valence-electron chi connectivity index (χ4n) is 1.59. The second-order valence-corrected chi connectivity index (χ2v) is 4.81. The second-order valence-electron chi connectivity index (χ2n) is 3.88. The highest BCUT2D eigenvalue weighted by atomic mass is 32.1. The zero-order valence-electron chi connectivity index (χ0n) is 10.6. The molecule has 0 saturated carbocycles. The largest absolute Gasteiger partial charge is 0.369 e. The number of anilines is 3. The number of nitrogens with zero attached hydrogens (tertiary/aromatic N) is 3. The van der Waals surface area contributed by atoms with Crippen LogP contribution >= 0.6 is 11.3 Å². The number of hydrogen-bond donors (Lipinski definition) is 2. The molecule has 0 atom stereocenters. The van der Waals surface area contributed by atoms with Crippen molar-refractivity contribution in [3.05, 3.63) is 29.4 Å². The molecular weight excluding hydrogens is 246 g/mol. The quantitative estimate of drug-likeness (QED) is 0.863. The summed E-state index contributed by atoms with van der Waals surface area (Å²) >= 11 is 1.68. The van der Waals surface area contributed by atoms with E-state index in [2.05, 4.69) is 21.4 Å². The Balaban J connectivity index is 2.24. The molecular formula is C12H17N5S. The van der Waals surface area contributed by atoms with E-state index >= 15 is 0 Å². The molecule has 5 nitrogen and oxygen atoms in total. The molecule has 0 amide bonds. The highest BCUT2D eigenvalue weighted by Gasteiger charge is 2.08. The zero-order chi connectivity index (χ0) is 13.0. The third kappa shape index (κ3) is 2.96. The van der Waals surface area contributed by atoms with Crippen molar-refractivity contribution in [3.63, 3.8) is 0 Å². The lowest BCUT2D eigenvalue weighted by Crippen LogP contribution is -2.16. The molecule has 3 N–H and O–H groups in total. The summed E-state index contributed by atoms with van der Waals surface area (Å²) < 4.78 is 0. The van der Waals surface area contributed by atoms with Gasteiger partial charge in [0.2, 0.25) is 0 Å². The Morgan fingerprint density at radius 2 is 2.28 bits per heavy atom. The average Bonchev–Trinajstić information content (AvgIpc) is 2.88. The van der Waals surface area contributed by atoms with Crippen LogP contribution in [-0.2, 0) is 0 Å². The second kappa shape index (κ2) is 5.79. The lowest BCUT2D eigenvalue weighted by atomic mass is 10.4. The molecule has 0 aliphatic heterocycles. The van der Waals surface area contributed by atoms with Crippen molar-refractivity contribution in [3.8, 4) is 0 Å². The maximum atomic E-state index is 5.47. The highest BCUT2D eigenvalue weighted by molar-refractivity contribution is 7.14. The predicted molar refractivity (Wildman–Crippen MR) is 76.7 cm³/mol. The van der Waals surface area contributed by atoms with Crippen LogP contribution in [0.3, 0.4) is 0 Å². The van der Waals surface area contributed by atoms with E-state index in [1.807, 2.05) is 36.4 Å². The summed E-state index contributed by atoms with van der Waals surface area (Å²) in [5.41, 5.74) is 5.47. The minimum absolute atomic E-state index is 0.582. The van der Waals surface area contributed by atoms with Crippen molar-refractivity contribution in [1.29, 1.82) is 0 Å². The molecule has 2 rings (SSSR count). The summed E-state index contributed by atoms with van der Waals surface area (Å²) in [4.78, 5) is 10.8. The Hall–Kier alpha value is -1.66. The minimum Gasteiger partial charge on any atom is -0.369 e. The predicted octanol–water partition coefficient (Wildman–Crippen LogP) is 1.99. The molecule has 0 bridgehead atoms. The van der Waals surface area contributed by atoms with Crippen molar-refractivity contribution in [2.75, 3.05) is 30.4 Å². The molecule has 2 aromatic rings. The maximum Gasteiger partial charge on any atom is 0.139 e. The molecule has 0 saturated heterocycles. The number of hydrogen-bond acceptors (Lipinski definition) is 6. The van der Waals surface area contributed by atoms with Gasteiger partial charge in [-0.25, -0.2) is 9.97 Å². The Morgan fingerprint density at radius 3 is 2.94 bits per heavy atom. The van der Waals surface area contributed by atoms with E-state index in [9.17, 15) is 0 Å². The molecule has 18 heavy (non-hydrogen) atoms. The third-order valence-electron chi connectivity index (χ3n) is 2.46. The van der Waals surface area contributed by atoms with Crippen LogP contribution in [0.2, 0.25) is 0 Å². The first-order valence-electron chi connectivity index (χ1n) is 5.77. The SMILES string of the molecule is Cc1nc(NCCN)cc(N(C)c2cccs2)n1. The van der Waals surface area contributed by atoms with E-state index in [1.165, 1.54) is 0 Å². The number of nitrogens with two attached hydrogens (primary N) is 1. The fourth-order valence-corrected chi connectivity index (χ4v) is 2.29. The van der Waals surface area contributed by atoms with Crippen LogP contribution in [0.5, 0.6) is 0 Å². The minimum atomic E-state index is 0.582. The summed E-state index contributed by atoms with van der Waals surface area (Å²) in [7, 11) is 2.00. The standard InChI is InChI=1S/C12H17N5S/c1-9-15-10(14-6-5-13)8-11(16-9)17(2)12-4-3-7-18-12/h3-4,7-8H,5-6,13H2,1-2H3,(H,14,15,16). The number of aryl methyl sites for hydroxylation is 1. The molecule has 0 fully saturated rings. The normalized spacial score (nSPS) is 10.4. The van der Waals surface area contributed by atoms with Gasteiger partial charge in [-0.1, -0.05) is 0 Å². The van der Waals surface area contributed by atoms with Crippen LogP contribution in [0.1, 0.15) is 5.82 Å². The van der Waals surface area contributed by atoms with Gasteiger partial charge in [-0.2, -0.15) is 0 Å². The molecule has 0 unspecified atom stereocenters. The fraction of sp³-hybridized carbons (Fsp3) is 0.333. The Bertz CT molecular complexity index is 497. The van der Waals surface area contributed by atoms with Gasteiger partial charge in [-0.05, 0) is 24.4 Å². The van der Waals surface area contributed by atoms with Crippen LogP contribution in [0.15, 0.2) is 23.6 Å². The van der Waals surface area contributed by atoms with Crippen LogP contribution in [0.25, 0.3) is 0 Å². The van der Waals surface area contributed by atoms with Crippen molar-refractivity contribution in [2.45, 2.75) is 6.92 Å². The highest BCUT2D eigenvalue weighted by Crippen LogP contribution is 2.27. The lowest BCUT2D eigenvalue weighted by Gasteiger charge is -2.17. The molecule has 0 aliphatic rings. The van der Waals surface area contributed by atoms with Crippen LogP contribution in [-0.4, -0.2) is 30.1 Å². The van der Waals surface area contributed by atoms with Gasteiger partial charge in [0.1, 0.15) is 17.5 Å². The zero-order valence-corrected chi connectivity index (χ0v) is 11.4. The van der Waals surface area contributed by atoms with Crippen LogP contribution in [0.4, 0.5) is 16.6 Å². The van der Waals surface area contributed by atoms with Crippen molar-refractivity contribution < 1.29 is 0 Å².